The number of rotatable bonds is 2. The molecule has 90 valence electrons. The Kier molecular flexibility index (Phi) is 38.3. The van der Waals surface area contributed by atoms with Gasteiger partial charge in [-0.1, -0.05) is 69.5 Å². The standard InChI is InChI=1S/C6H6.C5H12.2CH5N/c1-2-4-6-5-3-1;1-3-5-4-2;2*1-2/h1-6H;3-5H2,1-2H3;2*2H2,1H3. The Bertz CT molecular complexity index is 112. The molecule has 4 N–H and O–H groups in total. The Hall–Kier alpha value is -0.860. The molecular formula is C13H28N2. The molecule has 0 atom stereocenters. The smallest absolute Gasteiger partial charge is 0.0195 e. The van der Waals surface area contributed by atoms with E-state index in [0.29, 0.717) is 0 Å². The van der Waals surface area contributed by atoms with Crippen molar-refractivity contribution in [3.05, 3.63) is 36.4 Å². The van der Waals surface area contributed by atoms with Gasteiger partial charge in [-0.3, -0.25) is 0 Å². The Balaban J connectivity index is -0.000000146. The summed E-state index contributed by atoms with van der Waals surface area (Å²) in [5.74, 6) is 0. The average molecular weight is 212 g/mol. The molecule has 0 aliphatic heterocycles. The first-order valence-corrected chi connectivity index (χ1v) is 5.57. The normalized spacial score (nSPS) is 6.80. The van der Waals surface area contributed by atoms with Crippen LogP contribution < -0.4 is 11.5 Å². The molecular weight excluding hydrogens is 184 g/mol. The van der Waals surface area contributed by atoms with Crippen molar-refractivity contribution >= 4 is 0 Å². The molecule has 0 amide bonds. The Morgan fingerprint density at radius 1 is 0.600 bits per heavy atom. The fourth-order valence-corrected chi connectivity index (χ4v) is 0.738. The van der Waals surface area contributed by atoms with Crippen LogP contribution in [0.5, 0.6) is 0 Å². The Labute approximate surface area is 95.7 Å². The number of benzene rings is 1. The number of hydrogen-bond acceptors (Lipinski definition) is 2. The predicted octanol–water partition coefficient (Wildman–Crippen LogP) is 3.03. The monoisotopic (exact) mass is 212 g/mol. The van der Waals surface area contributed by atoms with Crippen LogP contribution in [0.2, 0.25) is 0 Å². The van der Waals surface area contributed by atoms with Crippen molar-refractivity contribution in [3.63, 3.8) is 0 Å². The molecule has 15 heavy (non-hydrogen) atoms. The molecule has 0 fully saturated rings. The summed E-state index contributed by atoms with van der Waals surface area (Å²) >= 11 is 0. The molecule has 1 aromatic carbocycles. The van der Waals surface area contributed by atoms with Gasteiger partial charge in [0.1, 0.15) is 0 Å². The van der Waals surface area contributed by atoms with Crippen LogP contribution in [0.4, 0.5) is 0 Å². The zero-order valence-corrected chi connectivity index (χ0v) is 10.7. The number of nitrogens with two attached hydrogens (primary N) is 2. The zero-order chi connectivity index (χ0) is 12.4. The minimum Gasteiger partial charge on any atom is -0.333 e. The Morgan fingerprint density at radius 3 is 0.867 bits per heavy atom. The van der Waals surface area contributed by atoms with E-state index in [2.05, 4.69) is 25.3 Å². The average Bonchev–Trinajstić information content (AvgIpc) is 2.38. The van der Waals surface area contributed by atoms with Gasteiger partial charge in [-0.2, -0.15) is 0 Å². The van der Waals surface area contributed by atoms with Crippen LogP contribution in [0, 0.1) is 0 Å². The zero-order valence-electron chi connectivity index (χ0n) is 10.7. The molecule has 0 aliphatic rings. The van der Waals surface area contributed by atoms with E-state index in [1.807, 2.05) is 36.4 Å². The van der Waals surface area contributed by atoms with Crippen LogP contribution in [0.15, 0.2) is 36.4 Å². The molecule has 0 unspecified atom stereocenters. The summed E-state index contributed by atoms with van der Waals surface area (Å²) in [5.41, 5.74) is 9.00. The van der Waals surface area contributed by atoms with Crippen molar-refractivity contribution in [1.29, 1.82) is 0 Å². The molecule has 0 radical (unpaired) electrons. The van der Waals surface area contributed by atoms with Crippen LogP contribution in [0.3, 0.4) is 0 Å². The van der Waals surface area contributed by atoms with Crippen molar-refractivity contribution in [2.24, 2.45) is 11.5 Å². The van der Waals surface area contributed by atoms with Crippen LogP contribution >= 0.6 is 0 Å². The second-order valence-electron chi connectivity index (χ2n) is 2.51. The van der Waals surface area contributed by atoms with Gasteiger partial charge in [-0.05, 0) is 14.1 Å². The molecule has 0 saturated heterocycles. The maximum Gasteiger partial charge on any atom is -0.0195 e. The van der Waals surface area contributed by atoms with Crippen LogP contribution in [0.25, 0.3) is 0 Å². The lowest BCUT2D eigenvalue weighted by atomic mass is 10.3. The van der Waals surface area contributed by atoms with Gasteiger partial charge < -0.3 is 11.5 Å². The lowest BCUT2D eigenvalue weighted by molar-refractivity contribution is 0.772. The second kappa shape index (κ2) is 29.2. The summed E-state index contributed by atoms with van der Waals surface area (Å²) in [6.45, 7) is 4.42. The third-order valence-electron chi connectivity index (χ3n) is 1.37. The van der Waals surface area contributed by atoms with Gasteiger partial charge >= 0.3 is 0 Å². The van der Waals surface area contributed by atoms with E-state index >= 15 is 0 Å². The SMILES string of the molecule is CCCCC.CN.CN.c1ccccc1. The number of unbranched alkanes of at least 4 members (excludes halogenated alkanes) is 2. The summed E-state index contributed by atoms with van der Waals surface area (Å²) < 4.78 is 0. The fourth-order valence-electron chi connectivity index (χ4n) is 0.738. The highest BCUT2D eigenvalue weighted by Crippen LogP contribution is 1.88. The fraction of sp³-hybridized carbons (Fsp3) is 0.538. The maximum absolute atomic E-state index is 4.50. The third-order valence-corrected chi connectivity index (χ3v) is 1.37. The third kappa shape index (κ3) is 32.0. The highest BCUT2D eigenvalue weighted by Gasteiger charge is 1.68. The van der Waals surface area contributed by atoms with Gasteiger partial charge in [0.15, 0.2) is 0 Å². The van der Waals surface area contributed by atoms with Gasteiger partial charge in [0.25, 0.3) is 0 Å². The molecule has 2 heteroatoms. The van der Waals surface area contributed by atoms with Crippen LogP contribution in [-0.4, -0.2) is 14.1 Å². The van der Waals surface area contributed by atoms with Crippen molar-refractivity contribution in [2.45, 2.75) is 33.1 Å². The van der Waals surface area contributed by atoms with Crippen molar-refractivity contribution < 1.29 is 0 Å². The van der Waals surface area contributed by atoms with E-state index in [1.54, 1.807) is 0 Å². The maximum atomic E-state index is 4.50. The summed E-state index contributed by atoms with van der Waals surface area (Å²) in [5, 5.41) is 0. The first-order chi connectivity index (χ1) is 7.41. The Morgan fingerprint density at radius 2 is 0.800 bits per heavy atom. The van der Waals surface area contributed by atoms with Crippen LogP contribution in [-0.2, 0) is 0 Å². The largest absolute Gasteiger partial charge is 0.333 e. The minimum atomic E-state index is 1.34. The number of hydrogen-bond donors (Lipinski definition) is 2. The molecule has 0 saturated carbocycles. The van der Waals surface area contributed by atoms with Crippen molar-refractivity contribution in [1.82, 2.24) is 0 Å². The van der Waals surface area contributed by atoms with Gasteiger partial charge in [-0.15, -0.1) is 0 Å². The molecule has 0 aliphatic carbocycles. The van der Waals surface area contributed by atoms with Gasteiger partial charge in [0, 0.05) is 0 Å². The molecule has 1 rings (SSSR count). The van der Waals surface area contributed by atoms with Gasteiger partial charge in [0.05, 0.1) is 0 Å². The molecule has 0 spiro atoms. The topological polar surface area (TPSA) is 52.0 Å². The van der Waals surface area contributed by atoms with Gasteiger partial charge in [0.2, 0.25) is 0 Å². The second-order valence-corrected chi connectivity index (χ2v) is 2.51. The van der Waals surface area contributed by atoms with Crippen molar-refractivity contribution in [3.8, 4) is 0 Å². The van der Waals surface area contributed by atoms with E-state index in [4.69, 9.17) is 0 Å². The molecule has 0 heterocycles. The van der Waals surface area contributed by atoms with E-state index in [9.17, 15) is 0 Å². The summed E-state index contributed by atoms with van der Waals surface area (Å²) in [7, 11) is 3.00. The quantitative estimate of drug-likeness (QED) is 0.791. The first-order valence-electron chi connectivity index (χ1n) is 5.57. The van der Waals surface area contributed by atoms with E-state index in [0.717, 1.165) is 0 Å². The highest BCUT2D eigenvalue weighted by atomic mass is 14.4. The van der Waals surface area contributed by atoms with E-state index < -0.39 is 0 Å². The highest BCUT2D eigenvalue weighted by molar-refractivity contribution is 4.99. The predicted molar refractivity (Wildman–Crippen MR) is 71.9 cm³/mol. The van der Waals surface area contributed by atoms with Crippen LogP contribution in [0.1, 0.15) is 33.1 Å². The van der Waals surface area contributed by atoms with Gasteiger partial charge in [-0.25, -0.2) is 0 Å². The lowest BCUT2D eigenvalue weighted by Gasteiger charge is -1.79. The van der Waals surface area contributed by atoms with E-state index in [1.165, 1.54) is 33.4 Å². The summed E-state index contributed by atoms with van der Waals surface area (Å²) in [6, 6.07) is 12.0. The molecule has 1 aromatic rings. The van der Waals surface area contributed by atoms with E-state index in [-0.39, 0.29) is 0 Å². The molecule has 0 aromatic heterocycles. The minimum absolute atomic E-state index is 1.34. The summed E-state index contributed by atoms with van der Waals surface area (Å²) in [6.07, 6.45) is 4.08. The lowest BCUT2D eigenvalue weighted by Crippen LogP contribution is -1.69. The molecule has 0 bridgehead atoms. The first kappa shape index (κ1) is 19.7. The molecule has 2 nitrogen and oxygen atoms in total. The summed E-state index contributed by atoms with van der Waals surface area (Å²) in [4.78, 5) is 0. The van der Waals surface area contributed by atoms with Crippen molar-refractivity contribution in [2.75, 3.05) is 14.1 Å².